The summed E-state index contributed by atoms with van der Waals surface area (Å²) in [6.07, 6.45) is 0.507. The van der Waals surface area contributed by atoms with E-state index in [9.17, 15) is 14.4 Å². The third-order valence-corrected chi connectivity index (χ3v) is 5.27. The van der Waals surface area contributed by atoms with Crippen molar-refractivity contribution in [3.05, 3.63) is 35.4 Å². The second-order valence-electron chi connectivity index (χ2n) is 6.26. The van der Waals surface area contributed by atoms with Crippen LogP contribution in [0.1, 0.15) is 27.1 Å². The monoisotopic (exact) mass is 274 g/mol. The maximum absolute atomic E-state index is 12.3. The second-order valence-corrected chi connectivity index (χ2v) is 11.9. The molecule has 0 spiro atoms. The van der Waals surface area contributed by atoms with Crippen molar-refractivity contribution in [3.63, 3.8) is 0 Å². The number of carbonyl (C=O) groups excluding carboxylic acids is 3. The lowest BCUT2D eigenvalue weighted by molar-refractivity contribution is -0.117. The Bertz CT molecular complexity index is 555. The highest BCUT2D eigenvalue weighted by Gasteiger charge is 2.40. The first-order chi connectivity index (χ1) is 8.81. The van der Waals surface area contributed by atoms with Crippen molar-refractivity contribution in [1.29, 1.82) is 0 Å². The number of hydrogen-bond donors (Lipinski definition) is 0. The number of ketones is 3. The number of Topliss-reactive ketones (excluding diaryl/α,β-unsaturated/α-hetero) is 3. The number of carbonyl (C=O) groups is 3. The predicted molar refractivity (Wildman–Crippen MR) is 76.4 cm³/mol. The molecular formula is C15H18O3Si. The van der Waals surface area contributed by atoms with Gasteiger partial charge in [-0.05, 0) is 6.42 Å². The van der Waals surface area contributed by atoms with Crippen LogP contribution in [-0.4, -0.2) is 25.4 Å². The number of hydrogen-bond acceptors (Lipinski definition) is 3. The van der Waals surface area contributed by atoms with Crippen LogP contribution in [0.5, 0.6) is 0 Å². The molecular weight excluding hydrogens is 256 g/mol. The summed E-state index contributed by atoms with van der Waals surface area (Å²) in [6, 6.07) is 7.49. The quantitative estimate of drug-likeness (QED) is 0.484. The molecule has 0 heterocycles. The van der Waals surface area contributed by atoms with Crippen LogP contribution < -0.4 is 0 Å². The zero-order chi connectivity index (χ0) is 14.2. The van der Waals surface area contributed by atoms with Gasteiger partial charge in [0.1, 0.15) is 0 Å². The maximum atomic E-state index is 12.3. The van der Waals surface area contributed by atoms with Gasteiger partial charge < -0.3 is 0 Å². The molecule has 19 heavy (non-hydrogen) atoms. The van der Waals surface area contributed by atoms with Crippen LogP contribution in [0.3, 0.4) is 0 Å². The summed E-state index contributed by atoms with van der Waals surface area (Å²) in [5.41, 5.74) is 0.675. The van der Waals surface area contributed by atoms with Crippen molar-refractivity contribution in [2.75, 3.05) is 0 Å². The number of benzene rings is 1. The Morgan fingerprint density at radius 1 is 0.947 bits per heavy atom. The molecule has 0 saturated carbocycles. The van der Waals surface area contributed by atoms with Gasteiger partial charge in [-0.1, -0.05) is 50.0 Å². The van der Waals surface area contributed by atoms with Gasteiger partial charge in [0.15, 0.2) is 5.78 Å². The van der Waals surface area contributed by atoms with E-state index >= 15 is 0 Å². The van der Waals surface area contributed by atoms with Gasteiger partial charge in [-0.3, -0.25) is 14.4 Å². The molecule has 2 rings (SSSR count). The minimum atomic E-state index is -1.33. The molecule has 0 radical (unpaired) electrons. The van der Waals surface area contributed by atoms with Gasteiger partial charge >= 0.3 is 0 Å². The molecule has 100 valence electrons. The Labute approximate surface area is 114 Å². The standard InChI is InChI=1S/C15H18O3Si/c1-19(2,3)9-8-12-13(16)10-6-4-5-7-11(10)14(17)15(12)18/h4-7,12H,8-9H2,1-3H3. The van der Waals surface area contributed by atoms with Crippen LogP contribution in [0.4, 0.5) is 0 Å². The highest BCUT2D eigenvalue weighted by molar-refractivity contribution is 6.76. The molecule has 1 aliphatic rings. The largest absolute Gasteiger partial charge is 0.293 e. The van der Waals surface area contributed by atoms with Gasteiger partial charge in [-0.15, -0.1) is 0 Å². The average molecular weight is 274 g/mol. The summed E-state index contributed by atoms with van der Waals surface area (Å²) in [5, 5.41) is 0. The molecule has 1 aliphatic carbocycles. The molecule has 0 fully saturated rings. The van der Waals surface area contributed by atoms with E-state index < -0.39 is 25.6 Å². The lowest BCUT2D eigenvalue weighted by atomic mass is 9.80. The zero-order valence-corrected chi connectivity index (χ0v) is 12.5. The molecule has 1 aromatic carbocycles. The normalized spacial score (nSPS) is 19.5. The van der Waals surface area contributed by atoms with Crippen molar-refractivity contribution >= 4 is 25.4 Å². The molecule has 1 atom stereocenters. The van der Waals surface area contributed by atoms with Crippen LogP contribution in [0.2, 0.25) is 25.7 Å². The van der Waals surface area contributed by atoms with Gasteiger partial charge in [-0.25, -0.2) is 0 Å². The molecule has 1 aromatic rings. The molecule has 4 heteroatoms. The van der Waals surface area contributed by atoms with Crippen molar-refractivity contribution < 1.29 is 14.4 Å². The van der Waals surface area contributed by atoms with Crippen molar-refractivity contribution in [1.82, 2.24) is 0 Å². The van der Waals surface area contributed by atoms with Crippen LogP contribution >= 0.6 is 0 Å². The smallest absolute Gasteiger partial charge is 0.230 e. The Balaban J connectivity index is 2.31. The lowest BCUT2D eigenvalue weighted by Crippen LogP contribution is -2.38. The summed E-state index contributed by atoms with van der Waals surface area (Å²) in [4.78, 5) is 36.4. The van der Waals surface area contributed by atoms with E-state index in [-0.39, 0.29) is 11.3 Å². The predicted octanol–water partition coefficient (Wildman–Crippen LogP) is 2.98. The summed E-state index contributed by atoms with van der Waals surface area (Å²) >= 11 is 0. The van der Waals surface area contributed by atoms with E-state index in [1.165, 1.54) is 0 Å². The highest BCUT2D eigenvalue weighted by atomic mass is 28.3. The Morgan fingerprint density at radius 3 is 2.11 bits per heavy atom. The van der Waals surface area contributed by atoms with E-state index in [4.69, 9.17) is 0 Å². The van der Waals surface area contributed by atoms with Gasteiger partial charge in [-0.2, -0.15) is 0 Å². The third-order valence-electron chi connectivity index (χ3n) is 3.48. The number of fused-ring (bicyclic) bond motifs is 1. The first-order valence-electron chi connectivity index (χ1n) is 6.53. The third kappa shape index (κ3) is 2.73. The van der Waals surface area contributed by atoms with Crippen molar-refractivity contribution in [2.24, 2.45) is 5.92 Å². The molecule has 1 unspecified atom stereocenters. The van der Waals surface area contributed by atoms with E-state index in [1.54, 1.807) is 24.3 Å². The van der Waals surface area contributed by atoms with Crippen molar-refractivity contribution in [2.45, 2.75) is 32.1 Å². The SMILES string of the molecule is C[Si](C)(C)CCC1C(=O)C(=O)c2ccccc2C1=O. The maximum Gasteiger partial charge on any atom is 0.230 e. The van der Waals surface area contributed by atoms with Gasteiger partial charge in [0.05, 0.1) is 5.92 Å². The fourth-order valence-corrected chi connectivity index (χ4v) is 3.49. The Hall–Kier alpha value is -1.55. The second kappa shape index (κ2) is 4.85. The summed E-state index contributed by atoms with van der Waals surface area (Å²) in [7, 11) is -1.33. The fraction of sp³-hybridized carbons (Fsp3) is 0.400. The van der Waals surface area contributed by atoms with Crippen LogP contribution in [-0.2, 0) is 4.79 Å². The van der Waals surface area contributed by atoms with Crippen LogP contribution in [0.15, 0.2) is 24.3 Å². The van der Waals surface area contributed by atoms with Crippen LogP contribution in [0, 0.1) is 5.92 Å². The topological polar surface area (TPSA) is 51.2 Å². The van der Waals surface area contributed by atoms with E-state index in [2.05, 4.69) is 19.6 Å². The molecule has 0 aromatic heterocycles. The molecule has 0 aliphatic heterocycles. The summed E-state index contributed by atoms with van der Waals surface area (Å²) in [6.45, 7) is 6.58. The molecule has 0 saturated heterocycles. The van der Waals surface area contributed by atoms with Gasteiger partial charge in [0, 0.05) is 19.2 Å². The fourth-order valence-electron chi connectivity index (χ4n) is 2.33. The first kappa shape index (κ1) is 13.9. The van der Waals surface area contributed by atoms with Crippen LogP contribution in [0.25, 0.3) is 0 Å². The average Bonchev–Trinajstić information content (AvgIpc) is 2.35. The van der Waals surface area contributed by atoms with Crippen molar-refractivity contribution in [3.8, 4) is 0 Å². The minimum Gasteiger partial charge on any atom is -0.293 e. The van der Waals surface area contributed by atoms with E-state index in [0.29, 0.717) is 12.0 Å². The first-order valence-corrected chi connectivity index (χ1v) is 10.2. The molecule has 3 nitrogen and oxygen atoms in total. The van der Waals surface area contributed by atoms with E-state index in [1.807, 2.05) is 0 Å². The van der Waals surface area contributed by atoms with Gasteiger partial charge in [0.2, 0.25) is 11.6 Å². The molecule has 0 N–H and O–H groups in total. The summed E-state index contributed by atoms with van der Waals surface area (Å²) < 4.78 is 0. The summed E-state index contributed by atoms with van der Waals surface area (Å²) in [5.74, 6) is -1.97. The number of rotatable bonds is 3. The Kier molecular flexibility index (Phi) is 3.54. The lowest BCUT2D eigenvalue weighted by Gasteiger charge is -2.23. The molecule has 0 bridgehead atoms. The highest BCUT2D eigenvalue weighted by Crippen LogP contribution is 2.28. The molecule has 0 amide bonds. The zero-order valence-electron chi connectivity index (χ0n) is 11.5. The van der Waals surface area contributed by atoms with Gasteiger partial charge in [0.25, 0.3) is 0 Å². The minimum absolute atomic E-state index is 0.182. The van der Waals surface area contributed by atoms with E-state index in [0.717, 1.165) is 6.04 Å². The Morgan fingerprint density at radius 2 is 1.53 bits per heavy atom.